The number of carbonyl (C=O) groups excluding carboxylic acids is 1. The third-order valence-electron chi connectivity index (χ3n) is 3.48. The van der Waals surface area contributed by atoms with Crippen molar-refractivity contribution in [2.24, 2.45) is 5.92 Å². The number of carboxylic acids is 1. The van der Waals surface area contributed by atoms with Crippen LogP contribution in [-0.2, 0) is 4.79 Å². The first kappa shape index (κ1) is 14.0. The van der Waals surface area contributed by atoms with Gasteiger partial charge in [-0.05, 0) is 31.9 Å². The van der Waals surface area contributed by atoms with Crippen molar-refractivity contribution in [3.8, 4) is 6.07 Å². The predicted molar refractivity (Wildman–Crippen MR) is 70.0 cm³/mol. The molecular weight excluding hydrogens is 258 g/mol. The molecule has 1 fully saturated rings. The maximum absolute atomic E-state index is 12.3. The number of piperidine rings is 1. The quantitative estimate of drug-likeness (QED) is 0.873. The van der Waals surface area contributed by atoms with E-state index in [1.807, 2.05) is 6.07 Å². The second-order valence-corrected chi connectivity index (χ2v) is 4.87. The van der Waals surface area contributed by atoms with Gasteiger partial charge in [-0.15, -0.1) is 0 Å². The van der Waals surface area contributed by atoms with Crippen molar-refractivity contribution in [2.45, 2.75) is 19.8 Å². The van der Waals surface area contributed by atoms with Crippen LogP contribution in [0.5, 0.6) is 0 Å². The molecule has 0 bridgehead atoms. The molecule has 0 aliphatic carbocycles. The molecule has 1 saturated heterocycles. The van der Waals surface area contributed by atoms with E-state index in [9.17, 15) is 9.59 Å². The first-order chi connectivity index (χ1) is 9.52. The van der Waals surface area contributed by atoms with Gasteiger partial charge in [-0.25, -0.2) is 4.98 Å². The van der Waals surface area contributed by atoms with Crippen LogP contribution >= 0.6 is 0 Å². The van der Waals surface area contributed by atoms with Gasteiger partial charge >= 0.3 is 5.97 Å². The number of likely N-dealkylation sites (tertiary alicyclic amines) is 1. The lowest BCUT2D eigenvalue weighted by Crippen LogP contribution is -2.42. The molecule has 104 valence electrons. The van der Waals surface area contributed by atoms with E-state index in [1.165, 1.54) is 11.0 Å². The van der Waals surface area contributed by atoms with Crippen LogP contribution in [0.4, 0.5) is 0 Å². The first-order valence-corrected chi connectivity index (χ1v) is 6.42. The summed E-state index contributed by atoms with van der Waals surface area (Å²) in [5, 5.41) is 17.9. The lowest BCUT2D eigenvalue weighted by Gasteiger charge is -2.30. The molecule has 2 heterocycles. The lowest BCUT2D eigenvalue weighted by molar-refractivity contribution is -0.143. The molecule has 2 rings (SSSR count). The zero-order valence-electron chi connectivity index (χ0n) is 11.2. The molecule has 1 aliphatic heterocycles. The number of aryl methyl sites for hydroxylation is 1. The van der Waals surface area contributed by atoms with Crippen LogP contribution in [0, 0.1) is 24.2 Å². The highest BCUT2D eigenvalue weighted by Gasteiger charge is 2.29. The summed E-state index contributed by atoms with van der Waals surface area (Å²) in [6.07, 6.45) is 1.27. The molecule has 1 amide bonds. The molecule has 1 aliphatic rings. The van der Waals surface area contributed by atoms with Gasteiger partial charge in [-0.3, -0.25) is 9.59 Å². The van der Waals surface area contributed by atoms with Crippen molar-refractivity contribution in [3.05, 3.63) is 29.1 Å². The van der Waals surface area contributed by atoms with Crippen LogP contribution in [0.15, 0.2) is 12.1 Å². The second-order valence-electron chi connectivity index (χ2n) is 4.87. The van der Waals surface area contributed by atoms with Gasteiger partial charge in [0.2, 0.25) is 0 Å². The van der Waals surface area contributed by atoms with E-state index < -0.39 is 11.9 Å². The molecule has 1 aromatic heterocycles. The number of hydrogen-bond acceptors (Lipinski definition) is 4. The van der Waals surface area contributed by atoms with Crippen LogP contribution in [0.3, 0.4) is 0 Å². The predicted octanol–water partition coefficient (Wildman–Crippen LogP) is 1.20. The third-order valence-corrected chi connectivity index (χ3v) is 3.48. The van der Waals surface area contributed by atoms with Crippen LogP contribution in [0.2, 0.25) is 0 Å². The summed E-state index contributed by atoms with van der Waals surface area (Å²) >= 11 is 0. The van der Waals surface area contributed by atoms with E-state index >= 15 is 0 Å². The Morgan fingerprint density at radius 3 is 2.85 bits per heavy atom. The highest BCUT2D eigenvalue weighted by Crippen LogP contribution is 2.18. The average molecular weight is 273 g/mol. The molecule has 0 saturated carbocycles. The molecule has 20 heavy (non-hydrogen) atoms. The normalized spacial score (nSPS) is 18.4. The van der Waals surface area contributed by atoms with Gasteiger partial charge in [-0.1, -0.05) is 0 Å². The third kappa shape index (κ3) is 2.77. The highest BCUT2D eigenvalue weighted by molar-refractivity contribution is 5.92. The van der Waals surface area contributed by atoms with Gasteiger partial charge in [0.05, 0.1) is 17.2 Å². The van der Waals surface area contributed by atoms with Gasteiger partial charge in [0.25, 0.3) is 5.91 Å². The summed E-state index contributed by atoms with van der Waals surface area (Å²) in [6.45, 7) is 2.43. The van der Waals surface area contributed by atoms with Crippen molar-refractivity contribution in [1.29, 1.82) is 5.26 Å². The Morgan fingerprint density at radius 1 is 1.50 bits per heavy atom. The Morgan fingerprint density at radius 2 is 2.25 bits per heavy atom. The minimum Gasteiger partial charge on any atom is -0.481 e. The van der Waals surface area contributed by atoms with E-state index in [2.05, 4.69) is 4.98 Å². The minimum absolute atomic E-state index is 0.217. The molecule has 6 nitrogen and oxygen atoms in total. The van der Waals surface area contributed by atoms with Crippen molar-refractivity contribution in [2.75, 3.05) is 13.1 Å². The number of aromatic nitrogens is 1. The Balaban J connectivity index is 2.17. The number of nitrogens with zero attached hydrogens (tertiary/aromatic N) is 3. The largest absolute Gasteiger partial charge is 0.481 e. The lowest BCUT2D eigenvalue weighted by atomic mass is 9.98. The number of aliphatic carboxylic acids is 1. The maximum Gasteiger partial charge on any atom is 0.308 e. The fourth-order valence-electron chi connectivity index (χ4n) is 2.32. The summed E-state index contributed by atoms with van der Waals surface area (Å²) in [5.74, 6) is -1.65. The number of pyridine rings is 1. The Hall–Kier alpha value is -2.42. The van der Waals surface area contributed by atoms with Gasteiger partial charge in [-0.2, -0.15) is 5.26 Å². The van der Waals surface area contributed by atoms with E-state index in [0.717, 1.165) is 0 Å². The summed E-state index contributed by atoms with van der Waals surface area (Å²) in [5.41, 5.74) is 1.20. The number of carboxylic acid groups (broad SMARTS) is 1. The summed E-state index contributed by atoms with van der Waals surface area (Å²) < 4.78 is 0. The van der Waals surface area contributed by atoms with Crippen LogP contribution in [-0.4, -0.2) is 40.0 Å². The van der Waals surface area contributed by atoms with Crippen molar-refractivity contribution in [3.63, 3.8) is 0 Å². The monoisotopic (exact) mass is 273 g/mol. The molecule has 0 aromatic carbocycles. The topological polar surface area (TPSA) is 94.3 Å². The van der Waals surface area contributed by atoms with Crippen LogP contribution in [0.25, 0.3) is 0 Å². The highest BCUT2D eigenvalue weighted by atomic mass is 16.4. The fraction of sp³-hybridized carbons (Fsp3) is 0.429. The van der Waals surface area contributed by atoms with Crippen molar-refractivity contribution in [1.82, 2.24) is 9.88 Å². The van der Waals surface area contributed by atoms with Crippen molar-refractivity contribution < 1.29 is 14.7 Å². The van der Waals surface area contributed by atoms with Gasteiger partial charge in [0, 0.05) is 13.1 Å². The summed E-state index contributed by atoms with van der Waals surface area (Å²) in [6, 6.07) is 5.07. The minimum atomic E-state index is -0.869. The second kappa shape index (κ2) is 5.70. The molecule has 1 unspecified atom stereocenters. The summed E-state index contributed by atoms with van der Waals surface area (Å²) in [7, 11) is 0. The maximum atomic E-state index is 12.3. The van der Waals surface area contributed by atoms with Crippen molar-refractivity contribution >= 4 is 11.9 Å². The van der Waals surface area contributed by atoms with E-state index in [4.69, 9.17) is 10.4 Å². The average Bonchev–Trinajstić information content (AvgIpc) is 2.46. The molecule has 0 spiro atoms. The van der Waals surface area contributed by atoms with E-state index in [0.29, 0.717) is 30.6 Å². The first-order valence-electron chi connectivity index (χ1n) is 6.42. The van der Waals surface area contributed by atoms with Crippen LogP contribution < -0.4 is 0 Å². The fourth-order valence-corrected chi connectivity index (χ4v) is 2.32. The number of rotatable bonds is 2. The van der Waals surface area contributed by atoms with Gasteiger partial charge in [0.15, 0.2) is 0 Å². The number of hydrogen-bond donors (Lipinski definition) is 1. The molecular formula is C14H15N3O3. The van der Waals surface area contributed by atoms with Gasteiger partial charge in [0.1, 0.15) is 11.8 Å². The molecule has 0 radical (unpaired) electrons. The standard InChI is InChI=1S/C14H15N3O3/c1-9-10(7-15)4-5-12(16-9)13(18)17-6-2-3-11(8-17)14(19)20/h4-5,11H,2-3,6,8H2,1H3,(H,19,20). The van der Waals surface area contributed by atoms with Crippen LogP contribution in [0.1, 0.15) is 34.6 Å². The number of nitriles is 1. The number of amides is 1. The molecule has 1 atom stereocenters. The Kier molecular flexibility index (Phi) is 3.99. The zero-order valence-corrected chi connectivity index (χ0v) is 11.2. The molecule has 1 N–H and O–H groups in total. The van der Waals surface area contributed by atoms with E-state index in [1.54, 1.807) is 13.0 Å². The molecule has 1 aromatic rings. The summed E-state index contributed by atoms with van der Waals surface area (Å²) in [4.78, 5) is 29.0. The smallest absolute Gasteiger partial charge is 0.308 e. The number of carbonyl (C=O) groups is 2. The Labute approximate surface area is 116 Å². The molecule has 6 heteroatoms. The van der Waals surface area contributed by atoms with Gasteiger partial charge < -0.3 is 10.0 Å². The SMILES string of the molecule is Cc1nc(C(=O)N2CCCC(C(=O)O)C2)ccc1C#N. The Bertz CT molecular complexity index is 592. The van der Waals surface area contributed by atoms with E-state index in [-0.39, 0.29) is 18.1 Å². The zero-order chi connectivity index (χ0) is 14.7.